The van der Waals surface area contributed by atoms with Crippen molar-refractivity contribution in [2.24, 2.45) is 5.41 Å². The van der Waals surface area contributed by atoms with Crippen LogP contribution < -0.4 is 5.73 Å². The Labute approximate surface area is 116 Å². The molecule has 92 valence electrons. The third-order valence-electron chi connectivity index (χ3n) is 2.48. The van der Waals surface area contributed by atoms with Gasteiger partial charge in [-0.2, -0.15) is 5.26 Å². The number of nitrogens with zero attached hydrogens (tertiary/aromatic N) is 1. The maximum Gasteiger partial charge on any atom is 0.0683 e. The number of nitriles is 1. The molecule has 0 heterocycles. The van der Waals surface area contributed by atoms with Gasteiger partial charge >= 0.3 is 0 Å². The molecule has 0 unspecified atom stereocenters. The smallest absolute Gasteiger partial charge is 0.0683 e. The van der Waals surface area contributed by atoms with Gasteiger partial charge in [0.2, 0.25) is 0 Å². The van der Waals surface area contributed by atoms with E-state index in [9.17, 15) is 0 Å². The summed E-state index contributed by atoms with van der Waals surface area (Å²) in [6, 6.07) is 8.21. The van der Waals surface area contributed by atoms with E-state index in [4.69, 9.17) is 11.0 Å². The number of nitrogens with two attached hydrogens (primary N) is 1. The maximum absolute atomic E-state index is 8.91. The molecule has 4 heteroatoms. The van der Waals surface area contributed by atoms with Gasteiger partial charge < -0.3 is 5.73 Å². The lowest BCUT2D eigenvalue weighted by Crippen LogP contribution is -2.07. The van der Waals surface area contributed by atoms with E-state index < -0.39 is 0 Å². The fourth-order valence-corrected chi connectivity index (χ4v) is 2.85. The molecule has 1 rings (SSSR count). The van der Waals surface area contributed by atoms with Crippen LogP contribution in [0.3, 0.4) is 0 Å². The minimum Gasteiger partial charge on any atom is -0.398 e. The summed E-state index contributed by atoms with van der Waals surface area (Å²) in [4.78, 5) is 1.11. The highest BCUT2D eigenvalue weighted by atomic mass is 79.9. The number of hydrogen-bond donors (Lipinski definition) is 1. The van der Waals surface area contributed by atoms with E-state index in [-0.39, 0.29) is 5.41 Å². The topological polar surface area (TPSA) is 49.8 Å². The zero-order valence-electron chi connectivity index (χ0n) is 10.2. The van der Waals surface area contributed by atoms with Gasteiger partial charge in [0.25, 0.3) is 0 Å². The second-order valence-electron chi connectivity index (χ2n) is 4.63. The van der Waals surface area contributed by atoms with E-state index in [1.54, 1.807) is 11.8 Å². The summed E-state index contributed by atoms with van der Waals surface area (Å²) >= 11 is 5.18. The summed E-state index contributed by atoms with van der Waals surface area (Å²) in [7, 11) is 0. The average Bonchev–Trinajstić information content (AvgIpc) is 2.29. The van der Waals surface area contributed by atoms with Crippen molar-refractivity contribution in [1.82, 2.24) is 0 Å². The molecular formula is C13H17BrN2S. The number of nitrogen functional groups attached to an aromatic ring is 1. The molecule has 0 aliphatic rings. The van der Waals surface area contributed by atoms with Crippen molar-refractivity contribution in [3.8, 4) is 6.07 Å². The van der Waals surface area contributed by atoms with Gasteiger partial charge in [0.05, 0.1) is 11.5 Å². The molecule has 0 radical (unpaired) electrons. The van der Waals surface area contributed by atoms with Crippen molar-refractivity contribution in [1.29, 1.82) is 5.26 Å². The first-order chi connectivity index (χ1) is 7.94. The molecule has 0 atom stereocenters. The lowest BCUT2D eigenvalue weighted by atomic mass is 9.90. The van der Waals surface area contributed by atoms with Crippen LogP contribution in [0.2, 0.25) is 0 Å². The normalized spacial score (nSPS) is 11.2. The van der Waals surface area contributed by atoms with Crippen LogP contribution in [-0.4, -0.2) is 5.75 Å². The van der Waals surface area contributed by atoms with E-state index >= 15 is 0 Å². The molecule has 0 amide bonds. The zero-order chi connectivity index (χ0) is 12.9. The molecule has 0 aromatic heterocycles. The van der Waals surface area contributed by atoms with Crippen LogP contribution in [0.15, 0.2) is 27.6 Å². The van der Waals surface area contributed by atoms with Gasteiger partial charge in [0.15, 0.2) is 0 Å². The molecule has 0 bridgehead atoms. The molecule has 0 aliphatic carbocycles. The van der Waals surface area contributed by atoms with Gasteiger partial charge in [-0.05, 0) is 50.6 Å². The Kier molecular flexibility index (Phi) is 5.35. The van der Waals surface area contributed by atoms with Crippen LogP contribution in [-0.2, 0) is 0 Å². The van der Waals surface area contributed by atoms with Gasteiger partial charge in [-0.25, -0.2) is 0 Å². The summed E-state index contributed by atoms with van der Waals surface area (Å²) in [5.41, 5.74) is 6.49. The predicted molar refractivity (Wildman–Crippen MR) is 77.9 cm³/mol. The molecule has 17 heavy (non-hydrogen) atoms. The van der Waals surface area contributed by atoms with Crippen molar-refractivity contribution in [2.75, 3.05) is 11.5 Å². The second-order valence-corrected chi connectivity index (χ2v) is 6.68. The molecule has 0 aliphatic heterocycles. The molecule has 0 fully saturated rings. The summed E-state index contributed by atoms with van der Waals surface area (Å²) in [6.07, 6.45) is 1.95. The number of thioether (sulfide) groups is 1. The monoisotopic (exact) mass is 312 g/mol. The van der Waals surface area contributed by atoms with Crippen molar-refractivity contribution in [3.05, 3.63) is 22.7 Å². The van der Waals surface area contributed by atoms with Crippen LogP contribution in [0, 0.1) is 16.7 Å². The third-order valence-corrected chi connectivity index (χ3v) is 4.13. The Hall–Kier alpha value is -0.660. The average molecular weight is 313 g/mol. The van der Waals surface area contributed by atoms with E-state index in [0.29, 0.717) is 0 Å². The number of benzene rings is 1. The van der Waals surface area contributed by atoms with Crippen molar-refractivity contribution in [3.63, 3.8) is 0 Å². The molecule has 1 aromatic rings. The molecule has 1 aromatic carbocycles. The molecule has 2 nitrogen and oxygen atoms in total. The van der Waals surface area contributed by atoms with Gasteiger partial charge in [0.1, 0.15) is 0 Å². The minimum absolute atomic E-state index is 0.219. The molecule has 0 spiro atoms. The minimum atomic E-state index is -0.219. The number of rotatable bonds is 5. The van der Waals surface area contributed by atoms with Crippen LogP contribution >= 0.6 is 27.7 Å². The quantitative estimate of drug-likeness (QED) is 0.496. The lowest BCUT2D eigenvalue weighted by Gasteiger charge is -2.14. The first-order valence-corrected chi connectivity index (χ1v) is 7.31. The van der Waals surface area contributed by atoms with Crippen molar-refractivity contribution < 1.29 is 0 Å². The Morgan fingerprint density at radius 1 is 1.47 bits per heavy atom. The van der Waals surface area contributed by atoms with Crippen LogP contribution in [0.1, 0.15) is 26.7 Å². The van der Waals surface area contributed by atoms with Crippen LogP contribution in [0.5, 0.6) is 0 Å². The Bertz CT molecular complexity index is 424. The summed E-state index contributed by atoms with van der Waals surface area (Å²) in [6.45, 7) is 3.95. The highest BCUT2D eigenvalue weighted by molar-refractivity contribution is 9.10. The lowest BCUT2D eigenvalue weighted by molar-refractivity contribution is 0.448. The molecule has 0 saturated heterocycles. The summed E-state index contributed by atoms with van der Waals surface area (Å²) in [5, 5.41) is 8.91. The van der Waals surface area contributed by atoms with Crippen molar-refractivity contribution >= 4 is 33.4 Å². The Balaban J connectivity index is 2.42. The molecule has 0 saturated carbocycles. The first-order valence-electron chi connectivity index (χ1n) is 5.54. The van der Waals surface area contributed by atoms with E-state index in [2.05, 4.69) is 22.0 Å². The van der Waals surface area contributed by atoms with E-state index in [1.165, 1.54) is 0 Å². The molecular weight excluding hydrogens is 296 g/mol. The van der Waals surface area contributed by atoms with Gasteiger partial charge in [-0.3, -0.25) is 0 Å². The highest BCUT2D eigenvalue weighted by Crippen LogP contribution is 2.30. The second kappa shape index (κ2) is 6.32. The van der Waals surface area contributed by atoms with Crippen LogP contribution in [0.4, 0.5) is 5.69 Å². The number of hydrogen-bond acceptors (Lipinski definition) is 3. The van der Waals surface area contributed by atoms with E-state index in [1.807, 2.05) is 32.0 Å². The van der Waals surface area contributed by atoms with Gasteiger partial charge in [-0.15, -0.1) is 11.8 Å². The first kappa shape index (κ1) is 14.4. The predicted octanol–water partition coefficient (Wildman–Crippen LogP) is 4.45. The fourth-order valence-electron chi connectivity index (χ4n) is 1.39. The van der Waals surface area contributed by atoms with Crippen molar-refractivity contribution in [2.45, 2.75) is 31.6 Å². The standard InChI is InChI=1S/C13H17BrN2S/c1-13(2,9-15)6-3-7-17-12-8-10(14)4-5-11(12)16/h4-5,8H,3,6-7,16H2,1-2H3. The largest absolute Gasteiger partial charge is 0.398 e. The SMILES string of the molecule is CC(C)(C#N)CCCSc1cc(Br)ccc1N. The zero-order valence-corrected chi connectivity index (χ0v) is 12.6. The fraction of sp³-hybridized carbons (Fsp3) is 0.462. The number of halogens is 1. The van der Waals surface area contributed by atoms with E-state index in [0.717, 1.165) is 33.7 Å². The maximum atomic E-state index is 8.91. The Morgan fingerprint density at radius 3 is 2.82 bits per heavy atom. The summed E-state index contributed by atoms with van der Waals surface area (Å²) < 4.78 is 1.05. The highest BCUT2D eigenvalue weighted by Gasteiger charge is 2.15. The number of anilines is 1. The molecule has 2 N–H and O–H groups in total. The van der Waals surface area contributed by atoms with Crippen LogP contribution in [0.25, 0.3) is 0 Å². The van der Waals surface area contributed by atoms with Gasteiger partial charge in [0, 0.05) is 15.1 Å². The third kappa shape index (κ3) is 5.01. The Morgan fingerprint density at radius 2 is 2.18 bits per heavy atom. The summed E-state index contributed by atoms with van der Waals surface area (Å²) in [5.74, 6) is 0.992. The van der Waals surface area contributed by atoms with Gasteiger partial charge in [-0.1, -0.05) is 15.9 Å².